The Morgan fingerprint density at radius 2 is 1.92 bits per heavy atom. The molecule has 13 heavy (non-hydrogen) atoms. The minimum atomic E-state index is 0.0561. The Kier molecular flexibility index (Phi) is 2.09. The molecule has 1 aliphatic heterocycles. The number of fused-ring (bicyclic) bond motifs is 1. The van der Waals surface area contributed by atoms with Crippen molar-refractivity contribution < 1.29 is 9.53 Å². The highest BCUT2D eigenvalue weighted by atomic mass is 16.5. The average Bonchev–Trinajstić information content (AvgIpc) is 2.44. The first kappa shape index (κ1) is 9.04. The lowest BCUT2D eigenvalue weighted by Gasteiger charge is -2.36. The van der Waals surface area contributed by atoms with Crippen molar-refractivity contribution in [3.8, 4) is 0 Å². The second kappa shape index (κ2) is 3.00. The van der Waals surface area contributed by atoms with Gasteiger partial charge in [-0.3, -0.25) is 4.79 Å². The molecule has 2 rings (SSSR count). The Bertz CT molecular complexity index is 224. The van der Waals surface area contributed by atoms with Crippen LogP contribution in [-0.2, 0) is 9.53 Å². The lowest BCUT2D eigenvalue weighted by atomic mass is 9.78. The summed E-state index contributed by atoms with van der Waals surface area (Å²) in [6, 6.07) is 0. The third kappa shape index (κ3) is 1.27. The van der Waals surface area contributed by atoms with Crippen LogP contribution in [0.3, 0.4) is 0 Å². The minimum absolute atomic E-state index is 0.0561. The van der Waals surface area contributed by atoms with Gasteiger partial charge in [0.1, 0.15) is 6.10 Å². The van der Waals surface area contributed by atoms with Crippen molar-refractivity contribution in [1.82, 2.24) is 0 Å². The Morgan fingerprint density at radius 1 is 1.23 bits per heavy atom. The first-order chi connectivity index (χ1) is 6.11. The zero-order chi connectivity index (χ0) is 9.59. The summed E-state index contributed by atoms with van der Waals surface area (Å²) in [5.41, 5.74) is 0. The molecule has 0 aromatic heterocycles. The zero-order valence-electron chi connectivity index (χ0n) is 8.62. The predicted octanol–water partition coefficient (Wildman–Crippen LogP) is 2.23. The molecule has 0 N–H and O–H groups in total. The Hall–Kier alpha value is -0.530. The van der Waals surface area contributed by atoms with Crippen molar-refractivity contribution in [3.63, 3.8) is 0 Å². The average molecular weight is 182 g/mol. The van der Waals surface area contributed by atoms with Crippen LogP contribution in [0.1, 0.15) is 33.6 Å². The van der Waals surface area contributed by atoms with Gasteiger partial charge in [0.25, 0.3) is 0 Å². The molecule has 0 aromatic rings. The Balaban J connectivity index is 2.21. The maximum atomic E-state index is 11.6. The summed E-state index contributed by atoms with van der Waals surface area (Å²) in [6.45, 7) is 6.41. The normalized spacial score (nSPS) is 50.1. The van der Waals surface area contributed by atoms with Gasteiger partial charge >= 0.3 is 5.97 Å². The topological polar surface area (TPSA) is 26.3 Å². The van der Waals surface area contributed by atoms with E-state index in [1.807, 2.05) is 6.92 Å². The van der Waals surface area contributed by atoms with E-state index in [-0.39, 0.29) is 18.0 Å². The lowest BCUT2D eigenvalue weighted by molar-refractivity contribution is -0.169. The van der Waals surface area contributed by atoms with Crippen molar-refractivity contribution in [3.05, 3.63) is 0 Å². The highest BCUT2D eigenvalue weighted by Gasteiger charge is 2.47. The largest absolute Gasteiger partial charge is 0.462 e. The first-order valence-corrected chi connectivity index (χ1v) is 5.31. The predicted molar refractivity (Wildman–Crippen MR) is 50.1 cm³/mol. The lowest BCUT2D eigenvalue weighted by Crippen LogP contribution is -2.42. The number of rotatable bonds is 0. The molecule has 1 aliphatic carbocycles. The molecule has 0 aromatic carbocycles. The van der Waals surface area contributed by atoms with Crippen LogP contribution < -0.4 is 0 Å². The van der Waals surface area contributed by atoms with Gasteiger partial charge in [-0.25, -0.2) is 0 Å². The maximum absolute atomic E-state index is 11.6. The van der Waals surface area contributed by atoms with Gasteiger partial charge < -0.3 is 4.74 Å². The molecular weight excluding hydrogens is 164 g/mol. The number of carbonyl (C=O) groups is 1. The van der Waals surface area contributed by atoms with Crippen LogP contribution in [0.15, 0.2) is 0 Å². The van der Waals surface area contributed by atoms with Gasteiger partial charge in [-0.05, 0) is 37.5 Å². The zero-order valence-corrected chi connectivity index (χ0v) is 8.62. The monoisotopic (exact) mass is 182 g/mol. The third-order valence-electron chi connectivity index (χ3n) is 4.02. The van der Waals surface area contributed by atoms with Gasteiger partial charge in [0.2, 0.25) is 0 Å². The van der Waals surface area contributed by atoms with Gasteiger partial charge in [-0.1, -0.05) is 13.8 Å². The fourth-order valence-corrected chi connectivity index (χ4v) is 2.95. The van der Waals surface area contributed by atoms with E-state index in [1.165, 1.54) is 12.8 Å². The van der Waals surface area contributed by atoms with E-state index in [0.29, 0.717) is 17.8 Å². The molecule has 0 spiro atoms. The van der Waals surface area contributed by atoms with Gasteiger partial charge in [0, 0.05) is 0 Å². The van der Waals surface area contributed by atoms with E-state index in [4.69, 9.17) is 4.74 Å². The van der Waals surface area contributed by atoms with Crippen molar-refractivity contribution in [2.24, 2.45) is 23.7 Å². The Labute approximate surface area is 79.7 Å². The van der Waals surface area contributed by atoms with Crippen molar-refractivity contribution >= 4 is 5.97 Å². The molecule has 2 nitrogen and oxygen atoms in total. The van der Waals surface area contributed by atoms with Crippen LogP contribution >= 0.6 is 0 Å². The molecule has 5 unspecified atom stereocenters. The second-order valence-corrected chi connectivity index (χ2v) is 4.75. The summed E-state index contributed by atoms with van der Waals surface area (Å²) in [5, 5.41) is 0. The van der Waals surface area contributed by atoms with Crippen molar-refractivity contribution in [1.29, 1.82) is 0 Å². The number of cyclic esters (lactones) is 1. The molecule has 74 valence electrons. The molecular formula is C11H18O2. The SMILES string of the molecule is CC1CCC2C(C)C(C)OC(=O)C12. The number of carbonyl (C=O) groups excluding carboxylic acids is 1. The molecule has 2 fully saturated rings. The molecule has 2 heteroatoms. The molecule has 5 atom stereocenters. The van der Waals surface area contributed by atoms with E-state index in [1.54, 1.807) is 0 Å². The second-order valence-electron chi connectivity index (χ2n) is 4.75. The first-order valence-electron chi connectivity index (χ1n) is 5.31. The molecule has 0 radical (unpaired) electrons. The smallest absolute Gasteiger partial charge is 0.309 e. The fraction of sp³-hybridized carbons (Fsp3) is 0.909. The summed E-state index contributed by atoms with van der Waals surface area (Å²) in [6.07, 6.45) is 2.53. The quantitative estimate of drug-likeness (QED) is 0.537. The molecule has 1 saturated carbocycles. The van der Waals surface area contributed by atoms with Gasteiger partial charge in [0.15, 0.2) is 0 Å². The van der Waals surface area contributed by atoms with E-state index in [2.05, 4.69) is 13.8 Å². The number of hydrogen-bond donors (Lipinski definition) is 0. The maximum Gasteiger partial charge on any atom is 0.309 e. The summed E-state index contributed by atoms with van der Waals surface area (Å²) >= 11 is 0. The van der Waals surface area contributed by atoms with Crippen molar-refractivity contribution in [2.75, 3.05) is 0 Å². The van der Waals surface area contributed by atoms with Crippen LogP contribution in [-0.4, -0.2) is 12.1 Å². The molecule has 1 heterocycles. The van der Waals surface area contributed by atoms with E-state index < -0.39 is 0 Å². The number of hydrogen-bond acceptors (Lipinski definition) is 2. The van der Waals surface area contributed by atoms with Crippen LogP contribution in [0.2, 0.25) is 0 Å². The summed E-state index contributed by atoms with van der Waals surface area (Å²) in [5.74, 6) is 1.93. The summed E-state index contributed by atoms with van der Waals surface area (Å²) in [7, 11) is 0. The van der Waals surface area contributed by atoms with E-state index in [9.17, 15) is 4.79 Å². The van der Waals surface area contributed by atoms with Gasteiger partial charge in [-0.2, -0.15) is 0 Å². The summed E-state index contributed by atoms with van der Waals surface area (Å²) in [4.78, 5) is 11.6. The molecule has 0 amide bonds. The van der Waals surface area contributed by atoms with Crippen LogP contribution in [0.25, 0.3) is 0 Å². The highest BCUT2D eigenvalue weighted by molar-refractivity contribution is 5.74. The van der Waals surface area contributed by atoms with Gasteiger partial charge in [0.05, 0.1) is 5.92 Å². The molecule has 0 bridgehead atoms. The summed E-state index contributed by atoms with van der Waals surface area (Å²) < 4.78 is 5.34. The van der Waals surface area contributed by atoms with Gasteiger partial charge in [-0.15, -0.1) is 0 Å². The minimum Gasteiger partial charge on any atom is -0.462 e. The van der Waals surface area contributed by atoms with Crippen molar-refractivity contribution in [2.45, 2.75) is 39.7 Å². The highest BCUT2D eigenvalue weighted by Crippen LogP contribution is 2.46. The van der Waals surface area contributed by atoms with Crippen LogP contribution in [0, 0.1) is 23.7 Å². The molecule has 2 aliphatic rings. The van der Waals surface area contributed by atoms with E-state index in [0.717, 1.165) is 0 Å². The van der Waals surface area contributed by atoms with Crippen LogP contribution in [0.4, 0.5) is 0 Å². The Morgan fingerprint density at radius 3 is 2.62 bits per heavy atom. The standard InChI is InChI=1S/C11H18O2/c1-6-4-5-9-7(2)8(3)13-11(12)10(6)9/h6-10H,4-5H2,1-3H3. The third-order valence-corrected chi connectivity index (χ3v) is 4.02. The van der Waals surface area contributed by atoms with Crippen LogP contribution in [0.5, 0.6) is 0 Å². The number of esters is 1. The fourth-order valence-electron chi connectivity index (χ4n) is 2.95. The molecule has 1 saturated heterocycles. The van der Waals surface area contributed by atoms with E-state index >= 15 is 0 Å². The number of ether oxygens (including phenoxy) is 1.